The summed E-state index contributed by atoms with van der Waals surface area (Å²) in [7, 11) is 3.69. The van der Waals surface area contributed by atoms with Gasteiger partial charge in [0.25, 0.3) is 5.91 Å². The van der Waals surface area contributed by atoms with Gasteiger partial charge in [-0.05, 0) is 54.8 Å². The number of methoxy groups -OCH3 is 1. The number of fused-ring (bicyclic) bond motifs is 2. The van der Waals surface area contributed by atoms with Crippen molar-refractivity contribution in [2.45, 2.75) is 32.5 Å². The van der Waals surface area contributed by atoms with Gasteiger partial charge in [0.05, 0.1) is 18.8 Å². The molecule has 2 amide bonds. The molecular weight excluding hydrogens is 510 g/mol. The number of hydrogen-bond donors (Lipinski definition) is 1. The van der Waals surface area contributed by atoms with Crippen LogP contribution in [0.4, 0.5) is 0 Å². The summed E-state index contributed by atoms with van der Waals surface area (Å²) in [4.78, 5) is 29.4. The first-order valence-electron chi connectivity index (χ1n) is 13.9. The molecule has 0 spiro atoms. The molecule has 6 nitrogen and oxygen atoms in total. The second-order valence-corrected chi connectivity index (χ2v) is 10.7. The lowest BCUT2D eigenvalue weighted by Gasteiger charge is -2.31. The minimum Gasteiger partial charge on any atom is -0.497 e. The van der Waals surface area contributed by atoms with E-state index in [2.05, 4.69) is 60.3 Å². The average Bonchev–Trinajstić information content (AvgIpc) is 3.46. The van der Waals surface area contributed by atoms with E-state index in [1.165, 1.54) is 5.56 Å². The molecule has 0 saturated carbocycles. The molecule has 5 aromatic rings. The molecular formula is C35H33N3O3. The van der Waals surface area contributed by atoms with Crippen LogP contribution in [-0.2, 0) is 18.4 Å². The van der Waals surface area contributed by atoms with Crippen molar-refractivity contribution < 1.29 is 14.3 Å². The minimum atomic E-state index is -0.713. The van der Waals surface area contributed by atoms with Crippen LogP contribution in [-0.4, -0.2) is 34.4 Å². The molecule has 2 atom stereocenters. The van der Waals surface area contributed by atoms with Crippen molar-refractivity contribution >= 4 is 22.7 Å². The normalized spacial score (nSPS) is 15.2. The van der Waals surface area contributed by atoms with E-state index in [9.17, 15) is 9.59 Å². The number of ether oxygens (including phenoxy) is 1. The van der Waals surface area contributed by atoms with Gasteiger partial charge in [0, 0.05) is 35.6 Å². The summed E-state index contributed by atoms with van der Waals surface area (Å²) >= 11 is 0. The first-order valence-corrected chi connectivity index (χ1v) is 13.9. The molecule has 0 bridgehead atoms. The van der Waals surface area contributed by atoms with E-state index in [-0.39, 0.29) is 11.8 Å². The van der Waals surface area contributed by atoms with Crippen molar-refractivity contribution in [3.05, 3.63) is 125 Å². The second-order valence-electron chi connectivity index (χ2n) is 10.7. The highest BCUT2D eigenvalue weighted by Gasteiger charge is 2.44. The molecule has 1 N–H and O–H groups in total. The number of nitrogens with one attached hydrogen (secondary N) is 1. The molecule has 0 aliphatic carbocycles. The van der Waals surface area contributed by atoms with Gasteiger partial charge in [-0.1, -0.05) is 78.4 Å². The predicted octanol–water partition coefficient (Wildman–Crippen LogP) is 6.41. The van der Waals surface area contributed by atoms with Crippen molar-refractivity contribution in [3.63, 3.8) is 0 Å². The van der Waals surface area contributed by atoms with E-state index in [0.29, 0.717) is 12.1 Å². The highest BCUT2D eigenvalue weighted by atomic mass is 16.5. The first kappa shape index (κ1) is 26.4. The molecule has 2 unspecified atom stereocenters. The number of rotatable bonds is 7. The number of aryl methyl sites for hydroxylation is 2. The average molecular weight is 544 g/mol. The third-order valence-corrected chi connectivity index (χ3v) is 8.14. The number of carbonyl (C=O) groups is 2. The predicted molar refractivity (Wildman–Crippen MR) is 162 cm³/mol. The summed E-state index contributed by atoms with van der Waals surface area (Å²) in [6, 6.07) is 30.9. The fourth-order valence-corrected chi connectivity index (χ4v) is 6.04. The zero-order chi connectivity index (χ0) is 28.7. The molecule has 6 heteroatoms. The van der Waals surface area contributed by atoms with Crippen LogP contribution in [0.1, 0.15) is 45.6 Å². The molecule has 0 saturated heterocycles. The summed E-state index contributed by atoms with van der Waals surface area (Å²) in [5, 5.41) is 4.11. The second kappa shape index (κ2) is 10.6. The Bertz CT molecular complexity index is 1770. The summed E-state index contributed by atoms with van der Waals surface area (Å²) in [6.45, 7) is 4.23. The fraction of sp³-hybridized carbons (Fsp3) is 0.200. The number of nitrogens with zero attached hydrogens (tertiary/aromatic N) is 2. The van der Waals surface area contributed by atoms with Gasteiger partial charge in [-0.2, -0.15) is 0 Å². The smallest absolute Gasteiger partial charge is 0.255 e. The summed E-state index contributed by atoms with van der Waals surface area (Å²) < 4.78 is 7.53. The zero-order valence-corrected chi connectivity index (χ0v) is 23.7. The van der Waals surface area contributed by atoms with Gasteiger partial charge in [-0.25, -0.2) is 0 Å². The monoisotopic (exact) mass is 543 g/mol. The van der Waals surface area contributed by atoms with Crippen LogP contribution in [0.2, 0.25) is 0 Å². The Balaban J connectivity index is 1.46. The summed E-state index contributed by atoms with van der Waals surface area (Å²) in [5.41, 5.74) is 7.85. The Hall–Kier alpha value is -4.84. The Morgan fingerprint density at radius 3 is 2.46 bits per heavy atom. The maximum Gasteiger partial charge on any atom is 0.255 e. The van der Waals surface area contributed by atoms with E-state index < -0.39 is 12.1 Å². The van der Waals surface area contributed by atoms with E-state index in [4.69, 9.17) is 4.74 Å². The number of para-hydroxylation sites is 1. The van der Waals surface area contributed by atoms with E-state index in [1.807, 2.05) is 67.6 Å². The van der Waals surface area contributed by atoms with Crippen LogP contribution in [0.3, 0.4) is 0 Å². The lowest BCUT2D eigenvalue weighted by Crippen LogP contribution is -2.46. The summed E-state index contributed by atoms with van der Waals surface area (Å²) in [5.74, 6) is 0.378. The highest BCUT2D eigenvalue weighted by Crippen LogP contribution is 2.47. The van der Waals surface area contributed by atoms with Crippen molar-refractivity contribution in [2.75, 3.05) is 7.11 Å². The Morgan fingerprint density at radius 2 is 1.68 bits per heavy atom. The number of aromatic nitrogens is 1. The maximum atomic E-state index is 14.0. The Kier molecular flexibility index (Phi) is 6.83. The van der Waals surface area contributed by atoms with Crippen molar-refractivity contribution in [1.29, 1.82) is 0 Å². The number of hydrogen-bond acceptors (Lipinski definition) is 3. The van der Waals surface area contributed by atoms with Gasteiger partial charge in [-0.15, -0.1) is 0 Å². The van der Waals surface area contributed by atoms with Gasteiger partial charge in [0.1, 0.15) is 11.8 Å². The van der Waals surface area contributed by atoms with Gasteiger partial charge in [-0.3, -0.25) is 9.59 Å². The molecule has 6 rings (SSSR count). The Morgan fingerprint density at radius 1 is 0.951 bits per heavy atom. The van der Waals surface area contributed by atoms with Gasteiger partial charge in [0.2, 0.25) is 5.91 Å². The fourth-order valence-electron chi connectivity index (χ4n) is 6.04. The topological polar surface area (TPSA) is 63.6 Å². The van der Waals surface area contributed by atoms with Crippen molar-refractivity contribution in [2.24, 2.45) is 7.05 Å². The minimum absolute atomic E-state index is 0.141. The highest BCUT2D eigenvalue weighted by molar-refractivity contribution is 6.04. The first-order chi connectivity index (χ1) is 19.9. The van der Waals surface area contributed by atoms with Gasteiger partial charge in [0.15, 0.2) is 0 Å². The van der Waals surface area contributed by atoms with Crippen molar-refractivity contribution in [3.8, 4) is 17.0 Å². The number of benzene rings is 4. The third-order valence-electron chi connectivity index (χ3n) is 8.14. The van der Waals surface area contributed by atoms with Crippen LogP contribution >= 0.6 is 0 Å². The summed E-state index contributed by atoms with van der Waals surface area (Å²) in [6.07, 6.45) is 0. The van der Waals surface area contributed by atoms with E-state index in [0.717, 1.165) is 44.6 Å². The SMILES string of the molecule is COc1cccc(CNC(=O)C(C)N2C(=O)c3ccccc3C2c2c(-c3ccc(C)cc3)n(C)c3ccccc23)c1. The molecule has 0 fully saturated rings. The van der Waals surface area contributed by atoms with E-state index >= 15 is 0 Å². The lowest BCUT2D eigenvalue weighted by atomic mass is 9.92. The van der Waals surface area contributed by atoms with Crippen LogP contribution in [0.5, 0.6) is 5.75 Å². The number of carbonyl (C=O) groups excluding carboxylic acids is 2. The third kappa shape index (κ3) is 4.55. The molecule has 2 heterocycles. The zero-order valence-electron chi connectivity index (χ0n) is 23.7. The molecule has 206 valence electrons. The van der Waals surface area contributed by atoms with Crippen LogP contribution in [0, 0.1) is 6.92 Å². The molecule has 4 aromatic carbocycles. The van der Waals surface area contributed by atoms with Crippen LogP contribution < -0.4 is 10.1 Å². The van der Waals surface area contributed by atoms with Crippen LogP contribution in [0.15, 0.2) is 97.1 Å². The lowest BCUT2D eigenvalue weighted by molar-refractivity contribution is -0.125. The van der Waals surface area contributed by atoms with Gasteiger partial charge < -0.3 is 19.5 Å². The molecule has 0 radical (unpaired) electrons. The largest absolute Gasteiger partial charge is 0.497 e. The maximum absolute atomic E-state index is 14.0. The number of amides is 2. The Labute approximate surface area is 240 Å². The molecule has 1 aliphatic rings. The van der Waals surface area contributed by atoms with Crippen molar-refractivity contribution in [1.82, 2.24) is 14.8 Å². The van der Waals surface area contributed by atoms with Gasteiger partial charge >= 0.3 is 0 Å². The molecule has 1 aromatic heterocycles. The standard InChI is InChI=1S/C35H33N3O3/c1-22-16-18-25(19-17-22)32-31(29-14-7-8-15-30(29)37(32)3)33-27-12-5-6-13-28(27)35(40)38(33)23(2)34(39)36-21-24-10-9-11-26(20-24)41-4/h5-20,23,33H,21H2,1-4H3,(H,36,39). The molecule has 1 aliphatic heterocycles. The quantitative estimate of drug-likeness (QED) is 0.258. The van der Waals surface area contributed by atoms with E-state index in [1.54, 1.807) is 12.0 Å². The van der Waals surface area contributed by atoms with Crippen LogP contribution in [0.25, 0.3) is 22.2 Å². The molecule has 41 heavy (non-hydrogen) atoms.